The van der Waals surface area contributed by atoms with Gasteiger partial charge in [-0.1, -0.05) is 0 Å². The van der Waals surface area contributed by atoms with Crippen LogP contribution in [0.5, 0.6) is 0 Å². The highest BCUT2D eigenvalue weighted by molar-refractivity contribution is 6.28. The second-order valence-electron chi connectivity index (χ2n) is 3.83. The lowest BCUT2D eigenvalue weighted by Crippen LogP contribution is -2.31. The van der Waals surface area contributed by atoms with Crippen molar-refractivity contribution in [3.05, 3.63) is 23.1 Å². The lowest BCUT2D eigenvalue weighted by Gasteiger charge is -2.22. The van der Waals surface area contributed by atoms with Gasteiger partial charge < -0.3 is 14.5 Å². The zero-order valence-corrected chi connectivity index (χ0v) is 9.43. The summed E-state index contributed by atoms with van der Waals surface area (Å²) in [6, 6.07) is 3.65. The van der Waals surface area contributed by atoms with E-state index in [-0.39, 0.29) is 0 Å². The maximum Gasteiger partial charge on any atom is 0.193 e. The molecule has 0 aliphatic carbocycles. The number of rotatable bonds is 4. The largest absolute Gasteiger partial charge is 0.448 e. The molecule has 1 fully saturated rings. The SMILES string of the molecule is Clc1ccc(CNCC2CCCCO2)o1. The predicted molar refractivity (Wildman–Crippen MR) is 59.0 cm³/mol. The van der Waals surface area contributed by atoms with Gasteiger partial charge in [0.1, 0.15) is 5.76 Å². The summed E-state index contributed by atoms with van der Waals surface area (Å²) in [5.74, 6) is 0.871. The summed E-state index contributed by atoms with van der Waals surface area (Å²) in [5, 5.41) is 3.75. The van der Waals surface area contributed by atoms with Crippen molar-refractivity contribution < 1.29 is 9.15 Å². The molecule has 3 nitrogen and oxygen atoms in total. The first-order valence-corrected chi connectivity index (χ1v) is 5.79. The fraction of sp³-hybridized carbons (Fsp3) is 0.636. The Hall–Kier alpha value is -0.510. The van der Waals surface area contributed by atoms with E-state index >= 15 is 0 Å². The number of hydrogen-bond acceptors (Lipinski definition) is 3. The van der Waals surface area contributed by atoms with Gasteiger partial charge in [0, 0.05) is 13.2 Å². The molecule has 0 saturated carbocycles. The van der Waals surface area contributed by atoms with Crippen LogP contribution in [0.2, 0.25) is 5.22 Å². The van der Waals surface area contributed by atoms with Crippen molar-refractivity contribution in [1.82, 2.24) is 5.32 Å². The normalized spacial score (nSPS) is 21.8. The van der Waals surface area contributed by atoms with Gasteiger partial charge in [-0.05, 0) is 43.0 Å². The Morgan fingerprint density at radius 2 is 2.33 bits per heavy atom. The third-order valence-electron chi connectivity index (χ3n) is 2.57. The van der Waals surface area contributed by atoms with Crippen molar-refractivity contribution >= 4 is 11.6 Å². The highest BCUT2D eigenvalue weighted by Gasteiger charge is 2.13. The van der Waals surface area contributed by atoms with Crippen LogP contribution in [-0.4, -0.2) is 19.3 Å². The predicted octanol–water partition coefficient (Wildman–Crippen LogP) is 2.59. The maximum absolute atomic E-state index is 5.67. The van der Waals surface area contributed by atoms with Crippen molar-refractivity contribution in [2.24, 2.45) is 0 Å². The van der Waals surface area contributed by atoms with E-state index in [1.54, 1.807) is 6.07 Å². The van der Waals surface area contributed by atoms with Crippen molar-refractivity contribution in [3.8, 4) is 0 Å². The molecule has 1 N–H and O–H groups in total. The summed E-state index contributed by atoms with van der Waals surface area (Å²) in [5.41, 5.74) is 0. The van der Waals surface area contributed by atoms with Crippen LogP contribution in [0.15, 0.2) is 16.5 Å². The van der Waals surface area contributed by atoms with Crippen LogP contribution in [0.1, 0.15) is 25.0 Å². The number of ether oxygens (including phenoxy) is 1. The summed E-state index contributed by atoms with van der Waals surface area (Å²) >= 11 is 5.67. The molecule has 1 aromatic heterocycles. The average Bonchev–Trinajstić information content (AvgIpc) is 2.66. The van der Waals surface area contributed by atoms with Crippen LogP contribution < -0.4 is 5.32 Å². The summed E-state index contributed by atoms with van der Waals surface area (Å²) in [7, 11) is 0. The Morgan fingerprint density at radius 3 is 3.00 bits per heavy atom. The Labute approximate surface area is 94.7 Å². The standard InChI is InChI=1S/C11H16ClNO2/c12-11-5-4-10(15-11)8-13-7-9-3-1-2-6-14-9/h4-5,9,13H,1-3,6-8H2. The summed E-state index contributed by atoms with van der Waals surface area (Å²) in [6.45, 7) is 2.50. The zero-order valence-electron chi connectivity index (χ0n) is 8.67. The van der Waals surface area contributed by atoms with E-state index in [4.69, 9.17) is 20.8 Å². The molecule has 1 aromatic rings. The third-order valence-corrected chi connectivity index (χ3v) is 2.78. The minimum Gasteiger partial charge on any atom is -0.448 e. The highest BCUT2D eigenvalue weighted by atomic mass is 35.5. The molecule has 0 aromatic carbocycles. The topological polar surface area (TPSA) is 34.4 Å². The molecule has 4 heteroatoms. The molecular formula is C11H16ClNO2. The molecule has 0 spiro atoms. The van der Waals surface area contributed by atoms with E-state index in [1.165, 1.54) is 12.8 Å². The van der Waals surface area contributed by atoms with Crippen LogP contribution in [0, 0.1) is 0 Å². The Kier molecular flexibility index (Phi) is 4.06. The summed E-state index contributed by atoms with van der Waals surface area (Å²) in [4.78, 5) is 0. The molecule has 1 atom stereocenters. The van der Waals surface area contributed by atoms with E-state index in [0.717, 1.165) is 25.3 Å². The highest BCUT2D eigenvalue weighted by Crippen LogP contribution is 2.14. The number of halogens is 1. The van der Waals surface area contributed by atoms with Gasteiger partial charge >= 0.3 is 0 Å². The van der Waals surface area contributed by atoms with Crippen molar-refractivity contribution in [1.29, 1.82) is 0 Å². The lowest BCUT2D eigenvalue weighted by molar-refractivity contribution is 0.0166. The monoisotopic (exact) mass is 229 g/mol. The molecule has 2 heterocycles. The quantitative estimate of drug-likeness (QED) is 0.862. The van der Waals surface area contributed by atoms with Crippen molar-refractivity contribution in [2.75, 3.05) is 13.2 Å². The molecule has 0 radical (unpaired) electrons. The fourth-order valence-electron chi connectivity index (χ4n) is 1.77. The van der Waals surface area contributed by atoms with Gasteiger partial charge in [-0.2, -0.15) is 0 Å². The molecule has 84 valence electrons. The minimum atomic E-state index is 0.365. The molecule has 1 saturated heterocycles. The Morgan fingerprint density at radius 1 is 1.40 bits per heavy atom. The number of furan rings is 1. The second-order valence-corrected chi connectivity index (χ2v) is 4.20. The third kappa shape index (κ3) is 3.52. The Balaban J connectivity index is 1.65. The molecule has 15 heavy (non-hydrogen) atoms. The number of hydrogen-bond donors (Lipinski definition) is 1. The van der Waals surface area contributed by atoms with Gasteiger partial charge in [0.2, 0.25) is 0 Å². The van der Waals surface area contributed by atoms with Gasteiger partial charge in [-0.15, -0.1) is 0 Å². The fourth-order valence-corrected chi connectivity index (χ4v) is 1.93. The molecule has 2 rings (SSSR count). The first-order valence-electron chi connectivity index (χ1n) is 5.41. The molecule has 0 bridgehead atoms. The van der Waals surface area contributed by atoms with E-state index < -0.39 is 0 Å². The lowest BCUT2D eigenvalue weighted by atomic mass is 10.1. The molecule has 1 aliphatic rings. The van der Waals surface area contributed by atoms with E-state index in [1.807, 2.05) is 6.07 Å². The van der Waals surface area contributed by atoms with Crippen LogP contribution in [0.3, 0.4) is 0 Å². The van der Waals surface area contributed by atoms with Gasteiger partial charge in [0.15, 0.2) is 5.22 Å². The van der Waals surface area contributed by atoms with Gasteiger partial charge in [0.25, 0.3) is 0 Å². The van der Waals surface area contributed by atoms with E-state index in [0.29, 0.717) is 17.9 Å². The second kappa shape index (κ2) is 5.54. The van der Waals surface area contributed by atoms with Crippen LogP contribution >= 0.6 is 11.6 Å². The van der Waals surface area contributed by atoms with E-state index in [9.17, 15) is 0 Å². The Bertz CT molecular complexity index is 295. The van der Waals surface area contributed by atoms with Crippen molar-refractivity contribution in [3.63, 3.8) is 0 Å². The van der Waals surface area contributed by atoms with Crippen LogP contribution in [0.25, 0.3) is 0 Å². The van der Waals surface area contributed by atoms with Gasteiger partial charge in [-0.25, -0.2) is 0 Å². The first-order chi connectivity index (χ1) is 7.34. The van der Waals surface area contributed by atoms with E-state index in [2.05, 4.69) is 5.32 Å². The first kappa shape index (κ1) is 11.0. The average molecular weight is 230 g/mol. The molecule has 1 unspecified atom stereocenters. The molecular weight excluding hydrogens is 214 g/mol. The smallest absolute Gasteiger partial charge is 0.193 e. The minimum absolute atomic E-state index is 0.365. The van der Waals surface area contributed by atoms with Crippen LogP contribution in [-0.2, 0) is 11.3 Å². The summed E-state index contributed by atoms with van der Waals surface area (Å²) < 4.78 is 10.8. The zero-order chi connectivity index (χ0) is 10.5. The van der Waals surface area contributed by atoms with Gasteiger partial charge in [0.05, 0.1) is 12.6 Å². The molecule has 1 aliphatic heterocycles. The number of nitrogens with one attached hydrogen (secondary N) is 1. The van der Waals surface area contributed by atoms with Crippen molar-refractivity contribution in [2.45, 2.75) is 31.9 Å². The molecule has 0 amide bonds. The maximum atomic E-state index is 5.67. The van der Waals surface area contributed by atoms with Gasteiger partial charge in [-0.3, -0.25) is 0 Å². The van der Waals surface area contributed by atoms with Crippen LogP contribution in [0.4, 0.5) is 0 Å². The summed E-state index contributed by atoms with van der Waals surface area (Å²) in [6.07, 6.45) is 4.00.